The van der Waals surface area contributed by atoms with Gasteiger partial charge in [0.2, 0.25) is 0 Å². The predicted molar refractivity (Wildman–Crippen MR) is 83.6 cm³/mol. The lowest BCUT2D eigenvalue weighted by atomic mass is 10.2. The van der Waals surface area contributed by atoms with Gasteiger partial charge in [-0.25, -0.2) is 0 Å². The number of nitrogens with one attached hydrogen (secondary N) is 2. The van der Waals surface area contributed by atoms with Gasteiger partial charge in [0.1, 0.15) is 0 Å². The van der Waals surface area contributed by atoms with Crippen LogP contribution in [0.25, 0.3) is 0 Å². The van der Waals surface area contributed by atoms with Gasteiger partial charge >= 0.3 is 0 Å². The Hall–Kier alpha value is -0.970. The Kier molecular flexibility index (Phi) is 6.43. The summed E-state index contributed by atoms with van der Waals surface area (Å²) in [7, 11) is 4.25. The van der Waals surface area contributed by atoms with Crippen molar-refractivity contribution in [1.29, 1.82) is 0 Å². The van der Waals surface area contributed by atoms with E-state index in [4.69, 9.17) is 0 Å². The zero-order valence-corrected chi connectivity index (χ0v) is 12.9. The second-order valence-corrected chi connectivity index (χ2v) is 6.00. The van der Waals surface area contributed by atoms with Gasteiger partial charge in [-0.2, -0.15) is 0 Å². The molecule has 0 aromatic carbocycles. The first-order valence-electron chi connectivity index (χ1n) is 7.76. The maximum atomic E-state index is 4.43. The number of hydrogen-bond acceptors (Lipinski definition) is 4. The number of nitrogens with zero attached hydrogens (tertiary/aromatic N) is 2. The first kappa shape index (κ1) is 15.4. The van der Waals surface area contributed by atoms with Crippen LogP contribution in [0.15, 0.2) is 18.3 Å². The highest BCUT2D eigenvalue weighted by atomic mass is 15.0. The van der Waals surface area contributed by atoms with E-state index in [1.54, 1.807) is 0 Å². The molecule has 2 N–H and O–H groups in total. The van der Waals surface area contributed by atoms with E-state index in [1.807, 2.05) is 6.20 Å². The molecule has 1 aromatic rings. The van der Waals surface area contributed by atoms with Gasteiger partial charge in [0.15, 0.2) is 0 Å². The van der Waals surface area contributed by atoms with Crippen LogP contribution in [0.3, 0.4) is 0 Å². The molecule has 0 spiro atoms. The average molecular weight is 276 g/mol. The molecule has 1 aliphatic rings. The van der Waals surface area contributed by atoms with E-state index in [9.17, 15) is 0 Å². The minimum absolute atomic E-state index is 0.765. The monoisotopic (exact) mass is 276 g/mol. The Balaban J connectivity index is 1.60. The maximum absolute atomic E-state index is 4.43. The average Bonchev–Trinajstić information content (AvgIpc) is 3.25. The highest BCUT2D eigenvalue weighted by molar-refractivity contribution is 5.16. The molecule has 4 nitrogen and oxygen atoms in total. The van der Waals surface area contributed by atoms with Crippen LogP contribution in [0.5, 0.6) is 0 Å². The third-order valence-corrected chi connectivity index (χ3v) is 3.57. The Labute approximate surface area is 123 Å². The van der Waals surface area contributed by atoms with Gasteiger partial charge in [-0.15, -0.1) is 0 Å². The van der Waals surface area contributed by atoms with Crippen molar-refractivity contribution in [2.45, 2.75) is 44.8 Å². The molecule has 1 aromatic heterocycles. The van der Waals surface area contributed by atoms with E-state index in [0.29, 0.717) is 0 Å². The van der Waals surface area contributed by atoms with Crippen LogP contribution in [0.4, 0.5) is 0 Å². The Bertz CT molecular complexity index is 388. The van der Waals surface area contributed by atoms with Crippen LogP contribution in [-0.4, -0.2) is 43.1 Å². The standard InChI is InChI=1S/C16H28N4/c1-20(2)10-4-3-8-17-13-16-11-14(7-9-18-16)12-19-15-5-6-15/h7,9,11,15,17,19H,3-6,8,10,12-13H2,1-2H3. The quantitative estimate of drug-likeness (QED) is 0.639. The number of pyridine rings is 1. The lowest BCUT2D eigenvalue weighted by Crippen LogP contribution is -2.19. The van der Waals surface area contributed by atoms with Gasteiger partial charge in [-0.1, -0.05) is 0 Å². The number of hydrogen-bond donors (Lipinski definition) is 2. The molecular formula is C16H28N4. The summed E-state index contributed by atoms with van der Waals surface area (Å²) in [5, 5.41) is 7.02. The highest BCUT2D eigenvalue weighted by Gasteiger charge is 2.19. The largest absolute Gasteiger partial charge is 0.311 e. The molecule has 1 saturated carbocycles. The molecule has 0 unspecified atom stereocenters. The minimum atomic E-state index is 0.765. The van der Waals surface area contributed by atoms with Crippen LogP contribution < -0.4 is 10.6 Å². The lowest BCUT2D eigenvalue weighted by molar-refractivity contribution is 0.391. The first-order valence-corrected chi connectivity index (χ1v) is 7.76. The summed E-state index contributed by atoms with van der Waals surface area (Å²) in [6, 6.07) is 5.08. The molecule has 0 saturated heterocycles. The van der Waals surface area contributed by atoms with Crippen molar-refractivity contribution < 1.29 is 0 Å². The van der Waals surface area contributed by atoms with Crippen LogP contribution in [0.2, 0.25) is 0 Å². The molecule has 1 aliphatic carbocycles. The summed E-state index contributed by atoms with van der Waals surface area (Å²) in [4.78, 5) is 6.66. The molecule has 0 aliphatic heterocycles. The van der Waals surface area contributed by atoms with Crippen LogP contribution in [-0.2, 0) is 13.1 Å². The molecule has 0 amide bonds. The fourth-order valence-electron chi connectivity index (χ4n) is 2.18. The molecular weight excluding hydrogens is 248 g/mol. The van der Waals surface area contributed by atoms with E-state index in [1.165, 1.54) is 37.8 Å². The van der Waals surface area contributed by atoms with E-state index in [0.717, 1.165) is 31.4 Å². The third-order valence-electron chi connectivity index (χ3n) is 3.57. The Morgan fingerprint density at radius 3 is 2.85 bits per heavy atom. The zero-order chi connectivity index (χ0) is 14.2. The summed E-state index contributed by atoms with van der Waals surface area (Å²) < 4.78 is 0. The van der Waals surface area contributed by atoms with Gasteiger partial charge in [-0.3, -0.25) is 4.98 Å². The van der Waals surface area contributed by atoms with Crippen LogP contribution in [0.1, 0.15) is 36.9 Å². The van der Waals surface area contributed by atoms with Crippen molar-refractivity contribution in [3.05, 3.63) is 29.6 Å². The van der Waals surface area contributed by atoms with Crippen molar-refractivity contribution in [3.8, 4) is 0 Å². The molecule has 4 heteroatoms. The molecule has 0 radical (unpaired) electrons. The van der Waals surface area contributed by atoms with Gasteiger partial charge in [0.05, 0.1) is 5.69 Å². The number of unbranched alkanes of at least 4 members (excludes halogenated alkanes) is 1. The number of aromatic nitrogens is 1. The van der Waals surface area contributed by atoms with E-state index in [-0.39, 0.29) is 0 Å². The van der Waals surface area contributed by atoms with Crippen molar-refractivity contribution >= 4 is 0 Å². The molecule has 20 heavy (non-hydrogen) atoms. The van der Waals surface area contributed by atoms with Gasteiger partial charge in [0.25, 0.3) is 0 Å². The van der Waals surface area contributed by atoms with Gasteiger partial charge < -0.3 is 15.5 Å². The summed E-state index contributed by atoms with van der Waals surface area (Å²) in [6.45, 7) is 4.09. The number of rotatable bonds is 10. The van der Waals surface area contributed by atoms with E-state index in [2.05, 4.69) is 46.7 Å². The fourth-order valence-corrected chi connectivity index (χ4v) is 2.18. The third kappa shape index (κ3) is 6.46. The molecule has 1 heterocycles. The van der Waals surface area contributed by atoms with Crippen molar-refractivity contribution in [3.63, 3.8) is 0 Å². The molecule has 1 fully saturated rings. The molecule has 0 atom stereocenters. The predicted octanol–water partition coefficient (Wildman–Crippen LogP) is 1.76. The first-order chi connectivity index (χ1) is 9.74. The Morgan fingerprint density at radius 2 is 2.10 bits per heavy atom. The molecule has 2 rings (SSSR count). The molecule has 0 bridgehead atoms. The van der Waals surface area contributed by atoms with Crippen molar-refractivity contribution in [2.75, 3.05) is 27.2 Å². The van der Waals surface area contributed by atoms with Crippen molar-refractivity contribution in [2.24, 2.45) is 0 Å². The smallest absolute Gasteiger partial charge is 0.0544 e. The minimum Gasteiger partial charge on any atom is -0.311 e. The lowest BCUT2D eigenvalue weighted by Gasteiger charge is -2.09. The topological polar surface area (TPSA) is 40.2 Å². The van der Waals surface area contributed by atoms with Gasteiger partial charge in [-0.05, 0) is 70.6 Å². The fraction of sp³-hybridized carbons (Fsp3) is 0.688. The zero-order valence-electron chi connectivity index (χ0n) is 12.9. The summed E-state index contributed by atoms with van der Waals surface area (Å²) >= 11 is 0. The van der Waals surface area contributed by atoms with E-state index >= 15 is 0 Å². The van der Waals surface area contributed by atoms with E-state index < -0.39 is 0 Å². The van der Waals surface area contributed by atoms with Crippen LogP contribution in [0, 0.1) is 0 Å². The summed E-state index contributed by atoms with van der Waals surface area (Å²) in [5.74, 6) is 0. The Morgan fingerprint density at radius 1 is 1.25 bits per heavy atom. The summed E-state index contributed by atoms with van der Waals surface area (Å²) in [6.07, 6.45) is 7.08. The molecule has 112 valence electrons. The highest BCUT2D eigenvalue weighted by Crippen LogP contribution is 2.19. The second kappa shape index (κ2) is 8.35. The summed E-state index contributed by atoms with van der Waals surface area (Å²) in [5.41, 5.74) is 2.49. The SMILES string of the molecule is CN(C)CCCCNCc1cc(CNC2CC2)ccn1. The normalized spacial score (nSPS) is 14.9. The van der Waals surface area contributed by atoms with Crippen LogP contribution >= 0.6 is 0 Å². The van der Waals surface area contributed by atoms with Gasteiger partial charge in [0, 0.05) is 25.3 Å². The van der Waals surface area contributed by atoms with Crippen molar-refractivity contribution in [1.82, 2.24) is 20.5 Å². The second-order valence-electron chi connectivity index (χ2n) is 6.00. The maximum Gasteiger partial charge on any atom is 0.0544 e.